The van der Waals surface area contributed by atoms with Crippen LogP contribution in [0.25, 0.3) is 0 Å². The molecule has 2 atom stereocenters. The van der Waals surface area contributed by atoms with E-state index in [0.717, 1.165) is 5.57 Å². The molecule has 0 aromatic rings. The maximum atomic E-state index is 5.63. The molecule has 1 aliphatic carbocycles. The number of ether oxygens (including phenoxy) is 1. The molecule has 0 saturated carbocycles. The summed E-state index contributed by atoms with van der Waals surface area (Å²) in [5, 5.41) is 0. The Morgan fingerprint density at radius 3 is 3.08 bits per heavy atom. The van der Waals surface area contributed by atoms with Gasteiger partial charge in [-0.25, -0.2) is 0 Å². The molecule has 1 aliphatic rings. The second kappa shape index (κ2) is 5.00. The number of rotatable bonds is 4. The molecule has 0 aromatic carbocycles. The van der Waals surface area contributed by atoms with Crippen molar-refractivity contribution in [2.24, 2.45) is 11.7 Å². The highest BCUT2D eigenvalue weighted by Gasteiger charge is 2.20. The molecule has 0 heterocycles. The van der Waals surface area contributed by atoms with E-state index in [1.807, 2.05) is 12.2 Å². The van der Waals surface area contributed by atoms with Crippen molar-refractivity contribution in [2.45, 2.75) is 13.0 Å². The van der Waals surface area contributed by atoms with Crippen LogP contribution in [0.5, 0.6) is 0 Å². The zero-order valence-corrected chi connectivity index (χ0v) is 8.07. The van der Waals surface area contributed by atoms with Crippen molar-refractivity contribution in [1.82, 2.24) is 0 Å². The van der Waals surface area contributed by atoms with Gasteiger partial charge in [0.1, 0.15) is 0 Å². The first-order valence-corrected chi connectivity index (χ1v) is 4.59. The van der Waals surface area contributed by atoms with Crippen LogP contribution in [0.1, 0.15) is 6.92 Å². The van der Waals surface area contributed by atoms with Crippen molar-refractivity contribution in [3.63, 3.8) is 0 Å². The summed E-state index contributed by atoms with van der Waals surface area (Å²) in [6, 6.07) is 0. The van der Waals surface area contributed by atoms with Crippen molar-refractivity contribution in [1.29, 1.82) is 0 Å². The molecule has 13 heavy (non-hydrogen) atoms. The summed E-state index contributed by atoms with van der Waals surface area (Å²) < 4.78 is 5.63. The molecule has 2 nitrogen and oxygen atoms in total. The van der Waals surface area contributed by atoms with Gasteiger partial charge in [0.05, 0.1) is 12.7 Å². The first-order chi connectivity index (χ1) is 6.29. The molecule has 0 saturated heterocycles. The molecule has 0 aliphatic heterocycles. The van der Waals surface area contributed by atoms with E-state index in [9.17, 15) is 0 Å². The zero-order chi connectivity index (χ0) is 9.68. The smallest absolute Gasteiger partial charge is 0.0864 e. The summed E-state index contributed by atoms with van der Waals surface area (Å²) >= 11 is 0. The van der Waals surface area contributed by atoms with Gasteiger partial charge in [-0.05, 0) is 5.57 Å². The number of nitrogens with two attached hydrogens (primary N) is 1. The second-order valence-electron chi connectivity index (χ2n) is 3.23. The molecular formula is C11H17NO. The predicted octanol–water partition coefficient (Wildman–Crippen LogP) is 1.65. The molecule has 0 amide bonds. The molecule has 0 bridgehead atoms. The minimum absolute atomic E-state index is 0.132. The fourth-order valence-corrected chi connectivity index (χ4v) is 1.50. The van der Waals surface area contributed by atoms with Crippen molar-refractivity contribution in [2.75, 3.05) is 13.2 Å². The third-order valence-corrected chi connectivity index (χ3v) is 2.20. The molecule has 2 heteroatoms. The highest BCUT2D eigenvalue weighted by atomic mass is 16.5. The monoisotopic (exact) mass is 179 g/mol. The second-order valence-corrected chi connectivity index (χ2v) is 3.23. The summed E-state index contributed by atoms with van der Waals surface area (Å²) in [6.45, 7) is 6.91. The first kappa shape index (κ1) is 10.2. The van der Waals surface area contributed by atoms with Crippen LogP contribution in [0, 0.1) is 5.92 Å². The Kier molecular flexibility index (Phi) is 3.93. The minimum Gasteiger partial charge on any atom is -0.369 e. The van der Waals surface area contributed by atoms with Gasteiger partial charge in [0, 0.05) is 12.5 Å². The quantitative estimate of drug-likeness (QED) is 0.666. The molecule has 0 aromatic heterocycles. The zero-order valence-electron chi connectivity index (χ0n) is 8.07. The fraction of sp³-hybridized carbons (Fsp3) is 0.455. The van der Waals surface area contributed by atoms with E-state index >= 15 is 0 Å². The Labute approximate surface area is 79.8 Å². The Morgan fingerprint density at radius 1 is 1.69 bits per heavy atom. The van der Waals surface area contributed by atoms with E-state index in [-0.39, 0.29) is 6.10 Å². The van der Waals surface area contributed by atoms with Crippen LogP contribution in [-0.2, 0) is 4.74 Å². The van der Waals surface area contributed by atoms with Gasteiger partial charge in [-0.2, -0.15) is 0 Å². The standard InChI is InChI=1S/C11H17NO/c1-3-7-13-11-9(2)5-4-6-10(11)8-12/h3-6,9,11H,1,7-8,12H2,2H3. The maximum absolute atomic E-state index is 5.63. The highest BCUT2D eigenvalue weighted by molar-refractivity contribution is 5.25. The maximum Gasteiger partial charge on any atom is 0.0864 e. The van der Waals surface area contributed by atoms with Gasteiger partial charge in [0.15, 0.2) is 0 Å². The minimum atomic E-state index is 0.132. The van der Waals surface area contributed by atoms with Crippen LogP contribution < -0.4 is 5.73 Å². The van der Waals surface area contributed by atoms with Crippen LogP contribution >= 0.6 is 0 Å². The van der Waals surface area contributed by atoms with Crippen molar-refractivity contribution in [3.8, 4) is 0 Å². The van der Waals surface area contributed by atoms with E-state index in [1.54, 1.807) is 6.08 Å². The Hall–Kier alpha value is -0.860. The van der Waals surface area contributed by atoms with E-state index < -0.39 is 0 Å². The van der Waals surface area contributed by atoms with E-state index in [0.29, 0.717) is 19.1 Å². The van der Waals surface area contributed by atoms with Crippen LogP contribution in [0.2, 0.25) is 0 Å². The molecule has 0 radical (unpaired) electrons. The van der Waals surface area contributed by atoms with Crippen molar-refractivity contribution < 1.29 is 4.74 Å². The largest absolute Gasteiger partial charge is 0.369 e. The van der Waals surface area contributed by atoms with E-state index in [4.69, 9.17) is 10.5 Å². The normalized spacial score (nSPS) is 27.1. The lowest BCUT2D eigenvalue weighted by molar-refractivity contribution is 0.0736. The van der Waals surface area contributed by atoms with Gasteiger partial charge in [-0.15, -0.1) is 6.58 Å². The lowest BCUT2D eigenvalue weighted by Crippen LogP contribution is -2.28. The molecule has 2 unspecified atom stereocenters. The van der Waals surface area contributed by atoms with Gasteiger partial charge in [0.25, 0.3) is 0 Å². The lowest BCUT2D eigenvalue weighted by Gasteiger charge is -2.26. The molecule has 1 rings (SSSR count). The lowest BCUT2D eigenvalue weighted by atomic mass is 9.92. The SMILES string of the molecule is C=CCOC1C(CN)=CC=CC1C. The summed E-state index contributed by atoms with van der Waals surface area (Å²) in [5.74, 6) is 0.406. The van der Waals surface area contributed by atoms with E-state index in [1.165, 1.54) is 0 Å². The summed E-state index contributed by atoms with van der Waals surface area (Å²) in [7, 11) is 0. The van der Waals surface area contributed by atoms with Gasteiger partial charge in [-0.1, -0.05) is 31.2 Å². The Morgan fingerprint density at radius 2 is 2.46 bits per heavy atom. The van der Waals surface area contributed by atoms with Crippen LogP contribution in [0.3, 0.4) is 0 Å². The molecule has 72 valence electrons. The summed E-state index contributed by atoms with van der Waals surface area (Å²) in [5.41, 5.74) is 6.78. The number of allylic oxidation sites excluding steroid dienone is 2. The molecule has 0 spiro atoms. The Bertz CT molecular complexity index is 230. The number of hydrogen-bond donors (Lipinski definition) is 1. The summed E-state index contributed by atoms with van der Waals surface area (Å²) in [6.07, 6.45) is 8.11. The van der Waals surface area contributed by atoms with Gasteiger partial charge in [0.2, 0.25) is 0 Å². The third-order valence-electron chi connectivity index (χ3n) is 2.20. The van der Waals surface area contributed by atoms with Crippen molar-refractivity contribution >= 4 is 0 Å². The Balaban J connectivity index is 2.62. The first-order valence-electron chi connectivity index (χ1n) is 4.59. The number of hydrogen-bond acceptors (Lipinski definition) is 2. The van der Waals surface area contributed by atoms with Crippen LogP contribution in [-0.4, -0.2) is 19.3 Å². The van der Waals surface area contributed by atoms with Crippen LogP contribution in [0.15, 0.2) is 36.5 Å². The molecule has 0 fully saturated rings. The molecular weight excluding hydrogens is 162 g/mol. The van der Waals surface area contributed by atoms with Crippen molar-refractivity contribution in [3.05, 3.63) is 36.5 Å². The average Bonchev–Trinajstić information content (AvgIpc) is 2.15. The topological polar surface area (TPSA) is 35.2 Å². The van der Waals surface area contributed by atoms with E-state index in [2.05, 4.69) is 19.6 Å². The summed E-state index contributed by atoms with van der Waals surface area (Å²) in [4.78, 5) is 0. The highest BCUT2D eigenvalue weighted by Crippen LogP contribution is 2.21. The van der Waals surface area contributed by atoms with Gasteiger partial charge in [-0.3, -0.25) is 0 Å². The fourth-order valence-electron chi connectivity index (χ4n) is 1.50. The predicted molar refractivity (Wildman–Crippen MR) is 55.4 cm³/mol. The average molecular weight is 179 g/mol. The van der Waals surface area contributed by atoms with Gasteiger partial charge < -0.3 is 10.5 Å². The van der Waals surface area contributed by atoms with Crippen LogP contribution in [0.4, 0.5) is 0 Å². The molecule has 2 N–H and O–H groups in total. The third kappa shape index (κ3) is 2.54. The van der Waals surface area contributed by atoms with Gasteiger partial charge >= 0.3 is 0 Å².